The van der Waals surface area contributed by atoms with E-state index in [1.54, 1.807) is 11.1 Å². The van der Waals surface area contributed by atoms with Crippen LogP contribution in [0.15, 0.2) is 42.7 Å². The third-order valence-electron chi connectivity index (χ3n) is 4.35. The average molecular weight is 382 g/mol. The number of carbonyl (C=O) groups excluding carboxylic acids is 1. The van der Waals surface area contributed by atoms with E-state index in [1.807, 2.05) is 47.9 Å². The molecule has 1 amide bonds. The van der Waals surface area contributed by atoms with E-state index in [0.717, 1.165) is 22.7 Å². The topological polar surface area (TPSA) is 84.6 Å². The molecular weight excluding hydrogens is 364 g/mol. The molecule has 0 saturated carbocycles. The van der Waals surface area contributed by atoms with E-state index in [9.17, 15) is 4.79 Å². The number of amides is 1. The lowest BCUT2D eigenvalue weighted by atomic mass is 10.2. The quantitative estimate of drug-likeness (QED) is 0.679. The van der Waals surface area contributed by atoms with Gasteiger partial charge in [0.15, 0.2) is 5.82 Å². The highest BCUT2D eigenvalue weighted by Crippen LogP contribution is 2.25. The van der Waals surface area contributed by atoms with Crippen LogP contribution in [0.4, 0.5) is 10.5 Å². The Labute approximate surface area is 161 Å². The number of carbonyl (C=O) groups is 1. The maximum absolute atomic E-state index is 12.2. The van der Waals surface area contributed by atoms with Gasteiger partial charge in [-0.25, -0.2) is 9.78 Å². The molecule has 1 saturated heterocycles. The van der Waals surface area contributed by atoms with Crippen molar-refractivity contribution in [1.29, 1.82) is 0 Å². The summed E-state index contributed by atoms with van der Waals surface area (Å²) in [6.45, 7) is 2.99. The summed E-state index contributed by atoms with van der Waals surface area (Å²) in [6.07, 6.45) is 3.73. The van der Waals surface area contributed by atoms with Crippen molar-refractivity contribution in [2.24, 2.45) is 0 Å². The minimum atomic E-state index is -0.353. The van der Waals surface area contributed by atoms with Gasteiger partial charge in [0.2, 0.25) is 0 Å². The van der Waals surface area contributed by atoms with E-state index in [0.29, 0.717) is 24.7 Å². The number of hydrogen-bond acceptors (Lipinski definition) is 6. The molecule has 0 bridgehead atoms. The van der Waals surface area contributed by atoms with Crippen LogP contribution < -0.4 is 10.2 Å². The maximum Gasteiger partial charge on any atom is 0.414 e. The highest BCUT2D eigenvalue weighted by molar-refractivity contribution is 7.80. The number of thiocarbonyl (C=S) groups is 1. The van der Waals surface area contributed by atoms with Crippen LogP contribution in [0.25, 0.3) is 17.2 Å². The summed E-state index contributed by atoms with van der Waals surface area (Å²) in [5, 5.41) is 11.4. The summed E-state index contributed by atoms with van der Waals surface area (Å²) in [5.74, 6) is 1.24. The second-order valence-electron chi connectivity index (χ2n) is 6.13. The van der Waals surface area contributed by atoms with Gasteiger partial charge in [-0.1, -0.05) is 19.1 Å². The third-order valence-corrected chi connectivity index (χ3v) is 4.78. The van der Waals surface area contributed by atoms with Crippen molar-refractivity contribution in [3.63, 3.8) is 0 Å². The van der Waals surface area contributed by atoms with Gasteiger partial charge in [0.05, 0.1) is 18.1 Å². The zero-order chi connectivity index (χ0) is 18.8. The molecule has 2 aromatic heterocycles. The molecule has 1 atom stereocenters. The minimum absolute atomic E-state index is 0.229. The molecule has 0 unspecified atom stereocenters. The number of fused-ring (bicyclic) bond motifs is 1. The summed E-state index contributed by atoms with van der Waals surface area (Å²) >= 11 is 5.15. The molecule has 1 aliphatic rings. The van der Waals surface area contributed by atoms with Gasteiger partial charge in [-0.3, -0.25) is 9.30 Å². The number of benzene rings is 1. The summed E-state index contributed by atoms with van der Waals surface area (Å²) in [4.78, 5) is 18.8. The van der Waals surface area contributed by atoms with E-state index >= 15 is 0 Å². The first-order valence-electron chi connectivity index (χ1n) is 8.66. The van der Waals surface area contributed by atoms with Crippen molar-refractivity contribution >= 4 is 34.8 Å². The molecule has 8 nitrogen and oxygen atoms in total. The Bertz CT molecular complexity index is 987. The molecule has 9 heteroatoms. The van der Waals surface area contributed by atoms with Gasteiger partial charge in [0.1, 0.15) is 6.10 Å². The lowest BCUT2D eigenvalue weighted by molar-refractivity contribution is 0.143. The van der Waals surface area contributed by atoms with Gasteiger partial charge < -0.3 is 10.1 Å². The molecule has 1 aromatic carbocycles. The van der Waals surface area contributed by atoms with Crippen molar-refractivity contribution < 1.29 is 9.53 Å². The number of aromatic nitrogens is 4. The zero-order valence-corrected chi connectivity index (χ0v) is 15.5. The van der Waals surface area contributed by atoms with Gasteiger partial charge in [-0.05, 0) is 36.8 Å². The van der Waals surface area contributed by atoms with Crippen LogP contribution in [0.2, 0.25) is 0 Å². The minimum Gasteiger partial charge on any atom is -0.442 e. The van der Waals surface area contributed by atoms with Crippen LogP contribution in [-0.4, -0.2) is 49.9 Å². The zero-order valence-electron chi connectivity index (χ0n) is 14.7. The van der Waals surface area contributed by atoms with Crippen molar-refractivity contribution in [3.05, 3.63) is 42.7 Å². The smallest absolute Gasteiger partial charge is 0.414 e. The number of rotatable bonds is 5. The summed E-state index contributed by atoms with van der Waals surface area (Å²) in [6, 6.07) is 9.39. The lowest BCUT2D eigenvalue weighted by Crippen LogP contribution is -2.33. The summed E-state index contributed by atoms with van der Waals surface area (Å²) in [5.41, 5.74) is 1.66. The first-order chi connectivity index (χ1) is 13.2. The maximum atomic E-state index is 12.2. The predicted molar refractivity (Wildman–Crippen MR) is 105 cm³/mol. The van der Waals surface area contributed by atoms with Crippen molar-refractivity contribution in [2.75, 3.05) is 18.0 Å². The number of ether oxygens (including phenoxy) is 1. The highest BCUT2D eigenvalue weighted by atomic mass is 32.1. The van der Waals surface area contributed by atoms with E-state index in [-0.39, 0.29) is 12.2 Å². The molecule has 0 spiro atoms. The average Bonchev–Trinajstić information content (AvgIpc) is 3.29. The van der Waals surface area contributed by atoms with Gasteiger partial charge in [0.25, 0.3) is 5.78 Å². The fraction of sp³-hybridized carbons (Fsp3) is 0.278. The largest absolute Gasteiger partial charge is 0.442 e. The second kappa shape index (κ2) is 7.28. The predicted octanol–water partition coefficient (Wildman–Crippen LogP) is 2.44. The molecular formula is C18H18N6O2S. The molecule has 1 fully saturated rings. The van der Waals surface area contributed by atoms with Crippen molar-refractivity contribution in [1.82, 2.24) is 24.9 Å². The monoisotopic (exact) mass is 382 g/mol. The Morgan fingerprint density at radius 2 is 2.15 bits per heavy atom. The highest BCUT2D eigenvalue weighted by Gasteiger charge is 2.32. The Kier molecular flexibility index (Phi) is 4.68. The van der Waals surface area contributed by atoms with Crippen LogP contribution in [0.3, 0.4) is 0 Å². The number of hydrogen-bond donors (Lipinski definition) is 1. The van der Waals surface area contributed by atoms with Crippen LogP contribution in [-0.2, 0) is 4.74 Å². The summed E-state index contributed by atoms with van der Waals surface area (Å²) in [7, 11) is 0. The van der Waals surface area contributed by atoms with Crippen LogP contribution >= 0.6 is 12.2 Å². The van der Waals surface area contributed by atoms with Crippen LogP contribution in [0, 0.1) is 0 Å². The molecule has 3 heterocycles. The van der Waals surface area contributed by atoms with Crippen molar-refractivity contribution in [3.8, 4) is 11.4 Å². The number of nitrogens with zero attached hydrogens (tertiary/aromatic N) is 5. The molecule has 4 rings (SSSR count). The Morgan fingerprint density at radius 1 is 1.33 bits per heavy atom. The number of cyclic esters (lactones) is 1. The molecule has 0 radical (unpaired) electrons. The molecule has 0 aliphatic carbocycles. The van der Waals surface area contributed by atoms with Crippen LogP contribution in [0.1, 0.15) is 13.3 Å². The molecule has 27 heavy (non-hydrogen) atoms. The summed E-state index contributed by atoms with van der Waals surface area (Å²) < 4.78 is 7.23. The van der Waals surface area contributed by atoms with E-state index in [4.69, 9.17) is 17.0 Å². The Morgan fingerprint density at radius 3 is 2.93 bits per heavy atom. The fourth-order valence-corrected chi connectivity index (χ4v) is 3.00. The van der Waals surface area contributed by atoms with E-state index in [2.05, 4.69) is 20.5 Å². The van der Waals surface area contributed by atoms with E-state index in [1.165, 1.54) is 0 Å². The van der Waals surface area contributed by atoms with Gasteiger partial charge >= 0.3 is 6.09 Å². The molecule has 1 aliphatic heterocycles. The van der Waals surface area contributed by atoms with Crippen LogP contribution in [0.5, 0.6) is 0 Å². The first-order valence-corrected chi connectivity index (χ1v) is 9.07. The number of anilines is 1. The lowest BCUT2D eigenvalue weighted by Gasteiger charge is -2.14. The Hall–Kier alpha value is -3.07. The standard InChI is InChI=1S/C18H18N6O2S/c1-2-15(27)20-10-14-11-24(18(25)26-14)13-6-4-12(5-7-13)16-21-22-17-19-8-3-9-23(16)17/h3-9,14H,2,10-11H2,1H3,(H,20,27)/t14-/m0/s1. The van der Waals surface area contributed by atoms with Gasteiger partial charge in [-0.2, -0.15) is 0 Å². The normalized spacial score (nSPS) is 16.6. The number of nitrogens with one attached hydrogen (secondary N) is 1. The molecule has 138 valence electrons. The third kappa shape index (κ3) is 3.45. The first kappa shape index (κ1) is 17.3. The molecule has 1 N–H and O–H groups in total. The van der Waals surface area contributed by atoms with Gasteiger partial charge in [-0.15, -0.1) is 10.2 Å². The molecule has 3 aromatic rings. The second-order valence-corrected chi connectivity index (χ2v) is 6.63. The SMILES string of the molecule is CCC(=S)NC[C@H]1CN(c2ccc(-c3nnc4ncccn34)cc2)C(=O)O1. The van der Waals surface area contributed by atoms with Gasteiger partial charge in [0, 0.05) is 23.6 Å². The van der Waals surface area contributed by atoms with E-state index < -0.39 is 0 Å². The fourth-order valence-electron chi connectivity index (χ4n) is 2.92. The Balaban J connectivity index is 1.49. The van der Waals surface area contributed by atoms with Crippen molar-refractivity contribution in [2.45, 2.75) is 19.4 Å².